The second-order valence-corrected chi connectivity index (χ2v) is 3.66. The number of carbonyl (C=O) groups is 1. The zero-order chi connectivity index (χ0) is 13.7. The highest BCUT2D eigenvalue weighted by atomic mass is 19.1. The van der Waals surface area contributed by atoms with Crippen molar-refractivity contribution in [2.75, 3.05) is 0 Å². The van der Waals surface area contributed by atoms with Crippen LogP contribution in [0.4, 0.5) is 4.39 Å². The Bertz CT molecular complexity index is 591. The Morgan fingerprint density at radius 2 is 1.95 bits per heavy atom. The van der Waals surface area contributed by atoms with E-state index in [-0.39, 0.29) is 5.82 Å². The Hall–Kier alpha value is -2.69. The molecule has 96 valence electrons. The van der Waals surface area contributed by atoms with Gasteiger partial charge in [-0.25, -0.2) is 14.2 Å². The number of carboxylic acids is 1. The van der Waals surface area contributed by atoms with Crippen molar-refractivity contribution in [2.24, 2.45) is 0 Å². The lowest BCUT2D eigenvalue weighted by Gasteiger charge is -2.04. The van der Waals surface area contributed by atoms with Crippen molar-refractivity contribution >= 4 is 12.0 Å². The highest BCUT2D eigenvalue weighted by Crippen LogP contribution is 2.19. The average molecular weight is 259 g/mol. The van der Waals surface area contributed by atoms with Crippen molar-refractivity contribution in [3.05, 3.63) is 60.1 Å². The van der Waals surface area contributed by atoms with Gasteiger partial charge >= 0.3 is 5.97 Å². The van der Waals surface area contributed by atoms with E-state index in [1.54, 1.807) is 12.1 Å². The predicted octanol–water partition coefficient (Wildman–Crippen LogP) is 3.11. The van der Waals surface area contributed by atoms with Gasteiger partial charge in [-0.05, 0) is 42.0 Å². The number of carboxylic acid groups (broad SMARTS) is 1. The Kier molecular flexibility index (Phi) is 3.87. The molecule has 0 aliphatic carbocycles. The molecule has 19 heavy (non-hydrogen) atoms. The molecule has 0 saturated heterocycles. The quantitative estimate of drug-likeness (QED) is 0.857. The van der Waals surface area contributed by atoms with Gasteiger partial charge in [0, 0.05) is 18.3 Å². The molecule has 0 fully saturated rings. The second kappa shape index (κ2) is 5.77. The zero-order valence-electron chi connectivity index (χ0n) is 9.79. The number of aromatic nitrogens is 1. The number of rotatable bonds is 4. The third kappa shape index (κ3) is 3.92. The van der Waals surface area contributed by atoms with E-state index >= 15 is 0 Å². The zero-order valence-corrected chi connectivity index (χ0v) is 9.79. The van der Waals surface area contributed by atoms with Crippen LogP contribution in [0.1, 0.15) is 5.56 Å². The summed E-state index contributed by atoms with van der Waals surface area (Å²) in [5, 5.41) is 8.48. The number of hydrogen-bond acceptors (Lipinski definition) is 3. The summed E-state index contributed by atoms with van der Waals surface area (Å²) in [4.78, 5) is 14.4. The van der Waals surface area contributed by atoms with Gasteiger partial charge in [0.1, 0.15) is 11.6 Å². The van der Waals surface area contributed by atoms with Gasteiger partial charge in [-0.1, -0.05) is 0 Å². The number of benzene rings is 1. The molecule has 0 bridgehead atoms. The highest BCUT2D eigenvalue weighted by Gasteiger charge is 1.99. The lowest BCUT2D eigenvalue weighted by atomic mass is 10.2. The minimum atomic E-state index is -1.02. The number of pyridine rings is 1. The van der Waals surface area contributed by atoms with Crippen molar-refractivity contribution in [1.29, 1.82) is 0 Å². The molecule has 2 aromatic rings. The monoisotopic (exact) mass is 259 g/mol. The minimum Gasteiger partial charge on any atom is -0.478 e. The van der Waals surface area contributed by atoms with Crippen LogP contribution >= 0.6 is 0 Å². The van der Waals surface area contributed by atoms with Crippen molar-refractivity contribution < 1.29 is 19.0 Å². The van der Waals surface area contributed by atoms with Crippen LogP contribution in [0.25, 0.3) is 6.08 Å². The first-order valence-electron chi connectivity index (χ1n) is 5.44. The molecule has 0 unspecified atom stereocenters. The number of hydrogen-bond donors (Lipinski definition) is 1. The third-order valence-corrected chi connectivity index (χ3v) is 2.21. The molecule has 2 rings (SSSR count). The maximum absolute atomic E-state index is 12.7. The molecule has 0 aliphatic rings. The first-order chi connectivity index (χ1) is 9.13. The summed E-state index contributed by atoms with van der Waals surface area (Å²) < 4.78 is 18.1. The lowest BCUT2D eigenvalue weighted by molar-refractivity contribution is -0.131. The van der Waals surface area contributed by atoms with E-state index in [0.717, 1.165) is 6.08 Å². The first kappa shape index (κ1) is 12.8. The number of halogens is 1. The molecule has 0 saturated carbocycles. The largest absolute Gasteiger partial charge is 0.478 e. The third-order valence-electron chi connectivity index (χ3n) is 2.21. The average Bonchev–Trinajstić information content (AvgIpc) is 2.40. The number of aliphatic carboxylic acids is 1. The van der Waals surface area contributed by atoms with E-state index < -0.39 is 5.97 Å². The van der Waals surface area contributed by atoms with Gasteiger partial charge < -0.3 is 9.84 Å². The predicted molar refractivity (Wildman–Crippen MR) is 67.4 cm³/mol. The molecule has 0 amide bonds. The highest BCUT2D eigenvalue weighted by molar-refractivity contribution is 5.85. The lowest BCUT2D eigenvalue weighted by Crippen LogP contribution is -1.89. The van der Waals surface area contributed by atoms with E-state index in [1.165, 1.54) is 36.5 Å². The fraction of sp³-hybridized carbons (Fsp3) is 0. The van der Waals surface area contributed by atoms with Gasteiger partial charge in [-0.3, -0.25) is 0 Å². The summed E-state index contributed by atoms with van der Waals surface area (Å²) in [5.74, 6) is -0.539. The van der Waals surface area contributed by atoms with Crippen molar-refractivity contribution in [2.45, 2.75) is 0 Å². The van der Waals surface area contributed by atoms with Gasteiger partial charge in [-0.15, -0.1) is 0 Å². The van der Waals surface area contributed by atoms with Crippen LogP contribution in [-0.4, -0.2) is 16.1 Å². The molecule has 0 atom stereocenters. The Balaban J connectivity index is 2.06. The van der Waals surface area contributed by atoms with E-state index in [0.29, 0.717) is 17.2 Å². The van der Waals surface area contributed by atoms with Crippen LogP contribution in [0.15, 0.2) is 48.7 Å². The number of ether oxygens (including phenoxy) is 1. The fourth-order valence-electron chi connectivity index (χ4n) is 1.34. The Morgan fingerprint density at radius 3 is 2.53 bits per heavy atom. The van der Waals surface area contributed by atoms with E-state index in [9.17, 15) is 9.18 Å². The summed E-state index contributed by atoms with van der Waals surface area (Å²) >= 11 is 0. The maximum Gasteiger partial charge on any atom is 0.328 e. The molecule has 5 heteroatoms. The summed E-state index contributed by atoms with van der Waals surface area (Å²) in [5.41, 5.74) is 0.647. The van der Waals surface area contributed by atoms with E-state index in [4.69, 9.17) is 9.84 Å². The smallest absolute Gasteiger partial charge is 0.328 e. The van der Waals surface area contributed by atoms with Gasteiger partial charge in [0.05, 0.1) is 0 Å². The van der Waals surface area contributed by atoms with Crippen molar-refractivity contribution in [3.8, 4) is 11.6 Å². The second-order valence-electron chi connectivity index (χ2n) is 3.66. The number of nitrogens with zero attached hydrogens (tertiary/aromatic N) is 1. The van der Waals surface area contributed by atoms with Crippen LogP contribution in [0.2, 0.25) is 0 Å². The summed E-state index contributed by atoms with van der Waals surface area (Å²) in [7, 11) is 0. The van der Waals surface area contributed by atoms with E-state index in [1.807, 2.05) is 0 Å². The Morgan fingerprint density at radius 1 is 1.21 bits per heavy atom. The molecular weight excluding hydrogens is 249 g/mol. The van der Waals surface area contributed by atoms with Gasteiger partial charge in [0.15, 0.2) is 0 Å². The van der Waals surface area contributed by atoms with Crippen LogP contribution in [0, 0.1) is 5.82 Å². The summed E-state index contributed by atoms with van der Waals surface area (Å²) in [6.07, 6.45) is 3.94. The minimum absolute atomic E-state index is 0.338. The van der Waals surface area contributed by atoms with Crippen LogP contribution in [-0.2, 0) is 4.79 Å². The molecule has 4 nitrogen and oxygen atoms in total. The molecule has 0 spiro atoms. The summed E-state index contributed by atoms with van der Waals surface area (Å²) in [6.45, 7) is 0. The standard InChI is InChI=1S/C14H10FNO3/c15-11-3-5-12(6-4-11)19-13-7-1-10(9-16-13)2-8-14(17)18/h1-9H,(H,17,18). The van der Waals surface area contributed by atoms with Crippen LogP contribution in [0.5, 0.6) is 11.6 Å². The molecular formula is C14H10FNO3. The van der Waals surface area contributed by atoms with Gasteiger partial charge in [0.2, 0.25) is 5.88 Å². The molecule has 0 radical (unpaired) electrons. The molecule has 0 aliphatic heterocycles. The fourth-order valence-corrected chi connectivity index (χ4v) is 1.34. The van der Waals surface area contributed by atoms with Crippen molar-refractivity contribution in [1.82, 2.24) is 4.98 Å². The normalized spacial score (nSPS) is 10.6. The molecule has 1 aromatic carbocycles. The molecule has 1 heterocycles. The Labute approximate surface area is 108 Å². The van der Waals surface area contributed by atoms with Crippen LogP contribution in [0.3, 0.4) is 0 Å². The van der Waals surface area contributed by atoms with Crippen molar-refractivity contribution in [3.63, 3.8) is 0 Å². The van der Waals surface area contributed by atoms with Crippen LogP contribution < -0.4 is 4.74 Å². The topological polar surface area (TPSA) is 59.4 Å². The van der Waals surface area contributed by atoms with Gasteiger partial charge in [0.25, 0.3) is 0 Å². The SMILES string of the molecule is O=C(O)C=Cc1ccc(Oc2ccc(F)cc2)nc1. The molecule has 1 N–H and O–H groups in total. The van der Waals surface area contributed by atoms with Gasteiger partial charge in [-0.2, -0.15) is 0 Å². The summed E-state index contributed by atoms with van der Waals surface area (Å²) in [6, 6.07) is 8.85. The maximum atomic E-state index is 12.7. The first-order valence-corrected chi connectivity index (χ1v) is 5.44. The molecule has 1 aromatic heterocycles. The van der Waals surface area contributed by atoms with E-state index in [2.05, 4.69) is 4.98 Å².